The average Bonchev–Trinajstić information content (AvgIpc) is 2.95. The molecule has 0 unspecified atom stereocenters. The van der Waals surface area contributed by atoms with Crippen molar-refractivity contribution in [2.45, 2.75) is 32.4 Å². The lowest BCUT2D eigenvalue weighted by Gasteiger charge is -2.33. The number of β-amino-alcohol motifs (C(OH)–C–C–N with tert-alkyl or cyclic N) is 1. The molecule has 1 N–H and O–H groups in total. The molecule has 2 heterocycles. The zero-order chi connectivity index (χ0) is 16.2. The molecule has 1 aromatic heterocycles. The van der Waals surface area contributed by atoms with Crippen LogP contribution in [0.3, 0.4) is 0 Å². The van der Waals surface area contributed by atoms with E-state index in [2.05, 4.69) is 23.1 Å². The molecule has 1 aromatic carbocycles. The van der Waals surface area contributed by atoms with Crippen molar-refractivity contribution in [1.82, 2.24) is 14.7 Å². The van der Waals surface area contributed by atoms with E-state index in [0.29, 0.717) is 18.0 Å². The fourth-order valence-electron chi connectivity index (χ4n) is 3.27. The number of rotatable bonds is 5. The topological polar surface area (TPSA) is 41.3 Å². The number of aliphatic hydroxyl groups excluding tert-OH is 1. The van der Waals surface area contributed by atoms with Crippen LogP contribution in [-0.2, 0) is 6.54 Å². The summed E-state index contributed by atoms with van der Waals surface area (Å²) in [6.07, 6.45) is 5.38. The van der Waals surface area contributed by atoms with Gasteiger partial charge >= 0.3 is 0 Å². The molecule has 0 bridgehead atoms. The van der Waals surface area contributed by atoms with Crippen molar-refractivity contribution in [3.05, 3.63) is 53.6 Å². The molecule has 5 heteroatoms. The average molecular weight is 317 g/mol. The van der Waals surface area contributed by atoms with E-state index in [9.17, 15) is 9.50 Å². The van der Waals surface area contributed by atoms with Crippen molar-refractivity contribution < 1.29 is 9.50 Å². The number of halogens is 1. The Morgan fingerprint density at radius 2 is 2.04 bits per heavy atom. The molecule has 23 heavy (non-hydrogen) atoms. The minimum absolute atomic E-state index is 0.330. The highest BCUT2D eigenvalue weighted by atomic mass is 19.1. The minimum atomic E-state index is -0.762. The molecule has 0 amide bonds. The number of piperidine rings is 1. The molecule has 0 aliphatic carbocycles. The zero-order valence-electron chi connectivity index (χ0n) is 13.5. The van der Waals surface area contributed by atoms with Crippen molar-refractivity contribution >= 4 is 0 Å². The van der Waals surface area contributed by atoms with Crippen LogP contribution >= 0.6 is 0 Å². The largest absolute Gasteiger partial charge is 0.387 e. The number of hydrogen-bond acceptors (Lipinski definition) is 3. The Labute approximate surface area is 136 Å². The van der Waals surface area contributed by atoms with Gasteiger partial charge in [-0.25, -0.2) is 4.39 Å². The highest BCUT2D eigenvalue weighted by Gasteiger charge is 2.23. The second-order valence-electron chi connectivity index (χ2n) is 6.52. The quantitative estimate of drug-likeness (QED) is 0.922. The van der Waals surface area contributed by atoms with Gasteiger partial charge in [0, 0.05) is 24.8 Å². The van der Waals surface area contributed by atoms with E-state index in [1.165, 1.54) is 11.6 Å². The van der Waals surface area contributed by atoms with E-state index in [0.717, 1.165) is 32.5 Å². The number of likely N-dealkylation sites (tertiary alicyclic amines) is 1. The third kappa shape index (κ3) is 4.18. The molecule has 1 atom stereocenters. The van der Waals surface area contributed by atoms with Crippen molar-refractivity contribution in [2.75, 3.05) is 19.6 Å². The van der Waals surface area contributed by atoms with Crippen LogP contribution in [0.5, 0.6) is 0 Å². The van der Waals surface area contributed by atoms with E-state index in [4.69, 9.17) is 0 Å². The summed E-state index contributed by atoms with van der Waals surface area (Å²) in [5, 5.41) is 14.6. The highest BCUT2D eigenvalue weighted by molar-refractivity contribution is 5.20. The second-order valence-corrected chi connectivity index (χ2v) is 6.52. The first kappa shape index (κ1) is 16.1. The number of aryl methyl sites for hydroxylation is 1. The zero-order valence-corrected chi connectivity index (χ0v) is 13.5. The van der Waals surface area contributed by atoms with Crippen LogP contribution in [-0.4, -0.2) is 39.4 Å². The molecule has 0 saturated carbocycles. The van der Waals surface area contributed by atoms with Gasteiger partial charge in [0.15, 0.2) is 0 Å². The van der Waals surface area contributed by atoms with E-state index in [-0.39, 0.29) is 5.82 Å². The normalized spacial score (nSPS) is 18.2. The molecule has 3 rings (SSSR count). The van der Waals surface area contributed by atoms with Gasteiger partial charge in [0.05, 0.1) is 12.3 Å². The van der Waals surface area contributed by atoms with Crippen LogP contribution in [0, 0.1) is 18.7 Å². The Morgan fingerprint density at radius 1 is 1.30 bits per heavy atom. The van der Waals surface area contributed by atoms with Crippen LogP contribution in [0.4, 0.5) is 4.39 Å². The Hall–Kier alpha value is -1.72. The lowest BCUT2D eigenvalue weighted by Crippen LogP contribution is -2.37. The molecule has 4 nitrogen and oxygen atoms in total. The summed E-state index contributed by atoms with van der Waals surface area (Å²) in [6.45, 7) is 5.38. The standard InChI is InChI=1S/C18H24FN3O/c1-14-10-20-22(11-14)12-15-6-8-21(9-7-15)13-18(23)16-4-2-3-5-17(16)19/h2-5,10-11,15,18,23H,6-9,12-13H2,1H3/t18-/m1/s1. The van der Waals surface area contributed by atoms with Gasteiger partial charge in [0.1, 0.15) is 5.82 Å². The predicted molar refractivity (Wildman–Crippen MR) is 87.5 cm³/mol. The third-order valence-electron chi connectivity index (χ3n) is 4.61. The van der Waals surface area contributed by atoms with Gasteiger partial charge in [-0.05, 0) is 50.4 Å². The van der Waals surface area contributed by atoms with Gasteiger partial charge in [-0.2, -0.15) is 5.10 Å². The number of nitrogens with zero attached hydrogens (tertiary/aromatic N) is 3. The first-order valence-corrected chi connectivity index (χ1v) is 8.25. The third-order valence-corrected chi connectivity index (χ3v) is 4.61. The summed E-state index contributed by atoms with van der Waals surface area (Å²) < 4.78 is 15.7. The van der Waals surface area contributed by atoms with Crippen LogP contribution < -0.4 is 0 Å². The molecule has 0 spiro atoms. The predicted octanol–water partition coefficient (Wildman–Crippen LogP) is 2.78. The molecule has 124 valence electrons. The van der Waals surface area contributed by atoms with Gasteiger partial charge < -0.3 is 10.0 Å². The first-order chi connectivity index (χ1) is 11.1. The fourth-order valence-corrected chi connectivity index (χ4v) is 3.27. The SMILES string of the molecule is Cc1cnn(CC2CCN(C[C@@H](O)c3ccccc3F)CC2)c1. The van der Waals surface area contributed by atoms with Crippen LogP contribution in [0.25, 0.3) is 0 Å². The van der Waals surface area contributed by atoms with Crippen LogP contribution in [0.2, 0.25) is 0 Å². The Kier molecular flexibility index (Phi) is 5.08. The maximum atomic E-state index is 13.7. The molecule has 1 aliphatic heterocycles. The number of aliphatic hydroxyl groups is 1. The van der Waals surface area contributed by atoms with Gasteiger partial charge in [0.2, 0.25) is 0 Å². The summed E-state index contributed by atoms with van der Waals surface area (Å²) in [7, 11) is 0. The van der Waals surface area contributed by atoms with Gasteiger partial charge in [-0.1, -0.05) is 18.2 Å². The number of benzene rings is 1. The second kappa shape index (κ2) is 7.23. The Morgan fingerprint density at radius 3 is 2.70 bits per heavy atom. The number of aromatic nitrogens is 2. The van der Waals surface area contributed by atoms with Crippen LogP contribution in [0.1, 0.15) is 30.1 Å². The number of hydrogen-bond donors (Lipinski definition) is 1. The maximum absolute atomic E-state index is 13.7. The van der Waals surface area contributed by atoms with Crippen LogP contribution in [0.15, 0.2) is 36.7 Å². The van der Waals surface area contributed by atoms with Crippen molar-refractivity contribution in [1.29, 1.82) is 0 Å². The maximum Gasteiger partial charge on any atom is 0.129 e. The smallest absolute Gasteiger partial charge is 0.129 e. The van der Waals surface area contributed by atoms with Crippen molar-refractivity contribution in [3.8, 4) is 0 Å². The molecule has 1 saturated heterocycles. The van der Waals surface area contributed by atoms with Gasteiger partial charge in [-0.3, -0.25) is 4.68 Å². The Bertz CT molecular complexity index is 635. The molecular weight excluding hydrogens is 293 g/mol. The summed E-state index contributed by atoms with van der Waals surface area (Å²) in [5.74, 6) is 0.292. The van der Waals surface area contributed by atoms with E-state index >= 15 is 0 Å². The fraction of sp³-hybridized carbons (Fsp3) is 0.500. The molecule has 1 fully saturated rings. The van der Waals surface area contributed by atoms with E-state index in [1.807, 2.05) is 10.9 Å². The lowest BCUT2D eigenvalue weighted by atomic mass is 9.96. The first-order valence-electron chi connectivity index (χ1n) is 8.25. The van der Waals surface area contributed by atoms with Gasteiger partial charge in [0.25, 0.3) is 0 Å². The van der Waals surface area contributed by atoms with E-state index in [1.54, 1.807) is 18.2 Å². The van der Waals surface area contributed by atoms with Crippen molar-refractivity contribution in [3.63, 3.8) is 0 Å². The monoisotopic (exact) mass is 317 g/mol. The molecular formula is C18H24FN3O. The lowest BCUT2D eigenvalue weighted by molar-refractivity contribution is 0.0839. The highest BCUT2D eigenvalue weighted by Crippen LogP contribution is 2.23. The summed E-state index contributed by atoms with van der Waals surface area (Å²) in [4.78, 5) is 2.22. The summed E-state index contributed by atoms with van der Waals surface area (Å²) in [5.41, 5.74) is 1.58. The summed E-state index contributed by atoms with van der Waals surface area (Å²) in [6, 6.07) is 6.47. The molecule has 2 aromatic rings. The molecule has 0 radical (unpaired) electrons. The minimum Gasteiger partial charge on any atom is -0.387 e. The molecule has 1 aliphatic rings. The van der Waals surface area contributed by atoms with Crippen molar-refractivity contribution in [2.24, 2.45) is 5.92 Å². The van der Waals surface area contributed by atoms with Gasteiger partial charge in [-0.15, -0.1) is 0 Å². The van der Waals surface area contributed by atoms with E-state index < -0.39 is 6.10 Å². The Balaban J connectivity index is 1.48. The summed E-state index contributed by atoms with van der Waals surface area (Å²) >= 11 is 0.